The van der Waals surface area contributed by atoms with Gasteiger partial charge in [-0.05, 0) is 26.0 Å². The summed E-state index contributed by atoms with van der Waals surface area (Å²) in [5, 5.41) is 3.43. The van der Waals surface area contributed by atoms with Crippen LogP contribution >= 0.6 is 0 Å². The molecule has 3 nitrogen and oxygen atoms in total. The van der Waals surface area contributed by atoms with E-state index in [9.17, 15) is 0 Å². The fourth-order valence-corrected chi connectivity index (χ4v) is 1.31. The zero-order valence-corrected chi connectivity index (χ0v) is 9.33. The summed E-state index contributed by atoms with van der Waals surface area (Å²) in [5.41, 5.74) is 1.02. The Morgan fingerprint density at radius 2 is 2.40 bits per heavy atom. The molecule has 1 heterocycles. The Labute approximate surface area is 91.3 Å². The van der Waals surface area contributed by atoms with Gasteiger partial charge in [-0.1, -0.05) is 6.92 Å². The van der Waals surface area contributed by atoms with E-state index in [2.05, 4.69) is 34.0 Å². The van der Waals surface area contributed by atoms with Crippen LogP contribution in [-0.2, 0) is 0 Å². The van der Waals surface area contributed by atoms with Crippen molar-refractivity contribution in [2.45, 2.75) is 32.7 Å². The fraction of sp³-hybridized carbons (Fsp3) is 0.500. The van der Waals surface area contributed by atoms with Crippen molar-refractivity contribution < 1.29 is 0 Å². The average Bonchev–Trinajstić information content (AvgIpc) is 2.30. The number of hydrogen-bond acceptors (Lipinski definition) is 3. The first-order chi connectivity index (χ1) is 7.38. The van der Waals surface area contributed by atoms with E-state index in [4.69, 9.17) is 0 Å². The van der Waals surface area contributed by atoms with Crippen molar-refractivity contribution in [3.8, 4) is 11.8 Å². The number of nitrogens with one attached hydrogen (secondary N) is 1. The smallest absolute Gasteiger partial charge is 0.115 e. The lowest BCUT2D eigenvalue weighted by Crippen LogP contribution is -2.22. The van der Waals surface area contributed by atoms with Gasteiger partial charge in [-0.2, -0.15) is 0 Å². The molecule has 0 aliphatic heterocycles. The number of nitrogens with zero attached hydrogens (tertiary/aromatic N) is 2. The standard InChI is InChI=1S/C12H17N3/c1-3-5-6-11(14-8-4-2)12-7-9-13-10-15-12/h7,9-11,14H,4,6,8H2,1-2H3. The Hall–Kier alpha value is -1.40. The highest BCUT2D eigenvalue weighted by Crippen LogP contribution is 2.12. The molecule has 80 valence electrons. The van der Waals surface area contributed by atoms with Gasteiger partial charge in [0.2, 0.25) is 0 Å². The second kappa shape index (κ2) is 6.97. The molecule has 0 bridgehead atoms. The van der Waals surface area contributed by atoms with Crippen LogP contribution < -0.4 is 5.32 Å². The van der Waals surface area contributed by atoms with Gasteiger partial charge in [-0.15, -0.1) is 11.8 Å². The van der Waals surface area contributed by atoms with Crippen molar-refractivity contribution in [1.29, 1.82) is 0 Å². The lowest BCUT2D eigenvalue weighted by atomic mass is 10.1. The molecule has 0 aliphatic carbocycles. The Kier molecular flexibility index (Phi) is 5.42. The van der Waals surface area contributed by atoms with Gasteiger partial charge in [0.05, 0.1) is 11.7 Å². The first-order valence-electron chi connectivity index (χ1n) is 5.27. The summed E-state index contributed by atoms with van der Waals surface area (Å²) < 4.78 is 0. The second-order valence-corrected chi connectivity index (χ2v) is 3.27. The molecule has 0 aromatic carbocycles. The van der Waals surface area contributed by atoms with Gasteiger partial charge in [0.25, 0.3) is 0 Å². The third-order valence-corrected chi connectivity index (χ3v) is 2.09. The van der Waals surface area contributed by atoms with Crippen molar-refractivity contribution in [3.63, 3.8) is 0 Å². The van der Waals surface area contributed by atoms with Crippen LogP contribution in [0.4, 0.5) is 0 Å². The molecule has 1 N–H and O–H groups in total. The van der Waals surface area contributed by atoms with Crippen molar-refractivity contribution in [1.82, 2.24) is 15.3 Å². The van der Waals surface area contributed by atoms with E-state index in [-0.39, 0.29) is 6.04 Å². The molecule has 1 unspecified atom stereocenters. The third-order valence-electron chi connectivity index (χ3n) is 2.09. The molecule has 0 spiro atoms. The molecule has 0 saturated heterocycles. The van der Waals surface area contributed by atoms with E-state index >= 15 is 0 Å². The van der Waals surface area contributed by atoms with Gasteiger partial charge >= 0.3 is 0 Å². The van der Waals surface area contributed by atoms with E-state index in [1.807, 2.05) is 13.0 Å². The molecule has 0 amide bonds. The Bertz CT molecular complexity index is 324. The molecule has 0 radical (unpaired) electrons. The first kappa shape index (κ1) is 11.7. The largest absolute Gasteiger partial charge is 0.308 e. The number of rotatable bonds is 5. The van der Waals surface area contributed by atoms with Crippen LogP contribution in [0.3, 0.4) is 0 Å². The minimum atomic E-state index is 0.223. The van der Waals surface area contributed by atoms with Crippen molar-refractivity contribution in [2.24, 2.45) is 0 Å². The highest BCUT2D eigenvalue weighted by Gasteiger charge is 2.09. The van der Waals surface area contributed by atoms with Gasteiger partial charge in [0.15, 0.2) is 0 Å². The lowest BCUT2D eigenvalue weighted by molar-refractivity contribution is 0.529. The monoisotopic (exact) mass is 203 g/mol. The van der Waals surface area contributed by atoms with Crippen LogP contribution in [-0.4, -0.2) is 16.5 Å². The summed E-state index contributed by atoms with van der Waals surface area (Å²) in [5.74, 6) is 5.99. The Balaban J connectivity index is 2.65. The van der Waals surface area contributed by atoms with Gasteiger partial charge in [-0.25, -0.2) is 9.97 Å². The molecular formula is C12H17N3. The Morgan fingerprint density at radius 1 is 1.53 bits per heavy atom. The molecule has 3 heteroatoms. The summed E-state index contributed by atoms with van der Waals surface area (Å²) in [7, 11) is 0. The topological polar surface area (TPSA) is 37.8 Å². The molecule has 1 aromatic heterocycles. The fourth-order valence-electron chi connectivity index (χ4n) is 1.31. The maximum absolute atomic E-state index is 4.24. The van der Waals surface area contributed by atoms with Crippen LogP contribution in [0.2, 0.25) is 0 Å². The predicted octanol–water partition coefficient (Wildman–Crippen LogP) is 1.93. The van der Waals surface area contributed by atoms with Crippen LogP contribution in [0.5, 0.6) is 0 Å². The highest BCUT2D eigenvalue weighted by atomic mass is 14.9. The summed E-state index contributed by atoms with van der Waals surface area (Å²) >= 11 is 0. The number of hydrogen-bond donors (Lipinski definition) is 1. The average molecular weight is 203 g/mol. The van der Waals surface area contributed by atoms with Crippen molar-refractivity contribution in [2.75, 3.05) is 6.54 Å². The minimum Gasteiger partial charge on any atom is -0.308 e. The van der Waals surface area contributed by atoms with Crippen LogP contribution in [0, 0.1) is 11.8 Å². The molecular weight excluding hydrogens is 186 g/mol. The maximum atomic E-state index is 4.24. The van der Waals surface area contributed by atoms with Crippen LogP contribution in [0.25, 0.3) is 0 Å². The zero-order chi connectivity index (χ0) is 10.9. The number of aromatic nitrogens is 2. The summed E-state index contributed by atoms with van der Waals surface area (Å²) in [6.45, 7) is 4.99. The van der Waals surface area contributed by atoms with Crippen molar-refractivity contribution >= 4 is 0 Å². The molecule has 0 saturated carbocycles. The maximum Gasteiger partial charge on any atom is 0.115 e. The van der Waals surface area contributed by atoms with Gasteiger partial charge in [0, 0.05) is 12.6 Å². The summed E-state index contributed by atoms with van der Waals surface area (Å²) in [4.78, 5) is 8.16. The lowest BCUT2D eigenvalue weighted by Gasteiger charge is -2.14. The first-order valence-corrected chi connectivity index (χ1v) is 5.27. The molecule has 0 aliphatic rings. The van der Waals surface area contributed by atoms with E-state index in [0.717, 1.165) is 25.1 Å². The SMILES string of the molecule is CC#CCC(NCCC)c1ccncn1. The highest BCUT2D eigenvalue weighted by molar-refractivity contribution is 5.09. The van der Waals surface area contributed by atoms with E-state index < -0.39 is 0 Å². The molecule has 1 atom stereocenters. The normalized spacial score (nSPS) is 11.6. The van der Waals surface area contributed by atoms with Gasteiger partial charge in [0.1, 0.15) is 6.33 Å². The molecule has 1 aromatic rings. The van der Waals surface area contributed by atoms with Crippen molar-refractivity contribution in [3.05, 3.63) is 24.3 Å². The minimum absolute atomic E-state index is 0.223. The molecule has 0 fully saturated rings. The third kappa shape index (κ3) is 4.09. The van der Waals surface area contributed by atoms with Crippen LogP contribution in [0.1, 0.15) is 38.4 Å². The second-order valence-electron chi connectivity index (χ2n) is 3.27. The van der Waals surface area contributed by atoms with Crippen LogP contribution in [0.15, 0.2) is 18.6 Å². The van der Waals surface area contributed by atoms with E-state index in [1.165, 1.54) is 0 Å². The van der Waals surface area contributed by atoms with E-state index in [1.54, 1.807) is 12.5 Å². The molecule has 1 rings (SSSR count). The molecule has 15 heavy (non-hydrogen) atoms. The van der Waals surface area contributed by atoms with E-state index in [0.29, 0.717) is 0 Å². The summed E-state index contributed by atoms with van der Waals surface area (Å²) in [6, 6.07) is 2.16. The predicted molar refractivity (Wildman–Crippen MR) is 61.1 cm³/mol. The summed E-state index contributed by atoms with van der Waals surface area (Å²) in [6.07, 6.45) is 5.26. The van der Waals surface area contributed by atoms with Gasteiger partial charge < -0.3 is 5.32 Å². The zero-order valence-electron chi connectivity index (χ0n) is 9.33. The Morgan fingerprint density at radius 3 is 3.00 bits per heavy atom. The van der Waals surface area contributed by atoms with Gasteiger partial charge in [-0.3, -0.25) is 0 Å². The quantitative estimate of drug-likeness (QED) is 0.743.